The van der Waals surface area contributed by atoms with Crippen LogP contribution in [0.4, 0.5) is 9.18 Å². The Morgan fingerprint density at radius 3 is 1.93 bits per heavy atom. The number of ketones is 1. The van der Waals surface area contributed by atoms with E-state index in [1.807, 2.05) is 62.9 Å². The molecule has 302 valence electrons. The fourth-order valence-corrected chi connectivity index (χ4v) is 9.40. The molecule has 0 bridgehead atoms. The molecule has 0 saturated carbocycles. The van der Waals surface area contributed by atoms with E-state index >= 15 is 0 Å². The number of Topliss-reactive ketones (excluding diaryl/α,β-unsaturated/α-hetero) is 1. The van der Waals surface area contributed by atoms with Gasteiger partial charge in [0, 0.05) is 17.4 Å². The number of rotatable bonds is 15. The normalized spacial score (nSPS) is 16.1. The minimum Gasteiger partial charge on any atom is -0.491 e. The van der Waals surface area contributed by atoms with Crippen LogP contribution in [0.3, 0.4) is 0 Å². The van der Waals surface area contributed by atoms with Crippen molar-refractivity contribution in [3.8, 4) is 5.75 Å². The second-order valence-electron chi connectivity index (χ2n) is 15.6. The molecular formula is C48H50ClFN2O5S. The summed E-state index contributed by atoms with van der Waals surface area (Å²) in [6.45, 7) is 7.76. The first kappa shape index (κ1) is 42.5. The highest BCUT2D eigenvalue weighted by Gasteiger charge is 2.45. The van der Waals surface area contributed by atoms with Crippen LogP contribution in [0.1, 0.15) is 72.3 Å². The summed E-state index contributed by atoms with van der Waals surface area (Å²) >= 11 is 7.62. The number of hydrogen-bond acceptors (Lipinski definition) is 6. The van der Waals surface area contributed by atoms with Crippen LogP contribution in [0.25, 0.3) is 0 Å². The van der Waals surface area contributed by atoms with E-state index in [1.165, 1.54) is 12.1 Å². The van der Waals surface area contributed by atoms with E-state index in [9.17, 15) is 18.8 Å². The number of carbonyl (C=O) groups is 3. The Morgan fingerprint density at radius 1 is 0.828 bits per heavy atom. The topological polar surface area (TPSA) is 84.9 Å². The van der Waals surface area contributed by atoms with Gasteiger partial charge in [0.1, 0.15) is 23.8 Å². The highest BCUT2D eigenvalue weighted by atomic mass is 35.5. The van der Waals surface area contributed by atoms with Crippen LogP contribution in [-0.4, -0.2) is 64.6 Å². The summed E-state index contributed by atoms with van der Waals surface area (Å²) in [7, 11) is 0. The van der Waals surface area contributed by atoms with Crippen LogP contribution in [0.2, 0.25) is 0 Å². The maximum Gasteiger partial charge on any atom is 0.410 e. The van der Waals surface area contributed by atoms with Crippen LogP contribution in [0.5, 0.6) is 5.75 Å². The Hall–Kier alpha value is -5.12. The summed E-state index contributed by atoms with van der Waals surface area (Å²) in [6, 6.07) is 41.9. The maximum atomic E-state index is 13.9. The lowest BCUT2D eigenvalue weighted by Crippen LogP contribution is -2.42. The third-order valence-corrected chi connectivity index (χ3v) is 12.2. The summed E-state index contributed by atoms with van der Waals surface area (Å²) in [6.07, 6.45) is 1.27. The highest BCUT2D eigenvalue weighted by Crippen LogP contribution is 2.52. The summed E-state index contributed by atoms with van der Waals surface area (Å²) in [5.41, 5.74) is 4.71. The molecule has 1 N–H and O–H groups in total. The average Bonchev–Trinajstić information content (AvgIpc) is 3.64. The minimum absolute atomic E-state index is 0.0159. The van der Waals surface area contributed by atoms with Crippen molar-refractivity contribution in [2.24, 2.45) is 0 Å². The van der Waals surface area contributed by atoms with Crippen molar-refractivity contribution in [2.75, 3.05) is 19.0 Å². The van der Waals surface area contributed by atoms with Gasteiger partial charge in [0.05, 0.1) is 22.7 Å². The monoisotopic (exact) mass is 820 g/mol. The van der Waals surface area contributed by atoms with Gasteiger partial charge >= 0.3 is 6.09 Å². The molecule has 1 heterocycles. The van der Waals surface area contributed by atoms with Crippen molar-refractivity contribution in [1.29, 1.82) is 0 Å². The first-order valence-electron chi connectivity index (χ1n) is 19.6. The zero-order valence-corrected chi connectivity index (χ0v) is 34.9. The molecule has 0 unspecified atom stereocenters. The molecule has 5 aromatic carbocycles. The predicted molar refractivity (Wildman–Crippen MR) is 230 cm³/mol. The lowest BCUT2D eigenvalue weighted by atomic mass is 9.84. The Balaban J connectivity index is 1.30. The van der Waals surface area contributed by atoms with Crippen molar-refractivity contribution in [1.82, 2.24) is 10.2 Å². The molecule has 10 heteroatoms. The molecule has 0 aliphatic carbocycles. The second-order valence-corrected chi connectivity index (χ2v) is 17.4. The van der Waals surface area contributed by atoms with Crippen LogP contribution in [0.15, 0.2) is 133 Å². The molecule has 5 aromatic rings. The molecule has 1 aliphatic rings. The molecule has 0 aromatic heterocycles. The third kappa shape index (κ3) is 10.5. The lowest BCUT2D eigenvalue weighted by molar-refractivity contribution is -0.118. The largest absolute Gasteiger partial charge is 0.491 e. The first-order chi connectivity index (χ1) is 27.9. The van der Waals surface area contributed by atoms with E-state index in [2.05, 4.69) is 78.1 Å². The number of likely N-dealkylation sites (tertiary alicyclic amines) is 1. The molecule has 3 atom stereocenters. The van der Waals surface area contributed by atoms with Crippen molar-refractivity contribution in [2.45, 2.75) is 74.6 Å². The smallest absolute Gasteiger partial charge is 0.410 e. The molecule has 2 amide bonds. The Morgan fingerprint density at radius 2 is 1.40 bits per heavy atom. The van der Waals surface area contributed by atoms with Gasteiger partial charge in [-0.1, -0.05) is 109 Å². The summed E-state index contributed by atoms with van der Waals surface area (Å²) in [4.78, 5) is 41.7. The maximum absolute atomic E-state index is 13.9. The van der Waals surface area contributed by atoms with Crippen LogP contribution in [-0.2, 0) is 27.1 Å². The van der Waals surface area contributed by atoms with E-state index in [0.29, 0.717) is 37.1 Å². The number of amides is 2. The Kier molecular flexibility index (Phi) is 14.0. The fraction of sp³-hybridized carbons (Fsp3) is 0.312. The lowest BCUT2D eigenvalue weighted by Gasteiger charge is -2.37. The van der Waals surface area contributed by atoms with Crippen LogP contribution >= 0.6 is 23.4 Å². The van der Waals surface area contributed by atoms with Gasteiger partial charge in [-0.3, -0.25) is 9.59 Å². The Bertz CT molecular complexity index is 2050. The molecule has 7 nitrogen and oxygen atoms in total. The molecular weight excluding hydrogens is 771 g/mol. The van der Waals surface area contributed by atoms with Gasteiger partial charge in [-0.15, -0.1) is 23.4 Å². The zero-order valence-electron chi connectivity index (χ0n) is 33.3. The van der Waals surface area contributed by atoms with E-state index in [1.54, 1.807) is 30.0 Å². The molecule has 58 heavy (non-hydrogen) atoms. The van der Waals surface area contributed by atoms with Gasteiger partial charge in [0.25, 0.3) is 5.91 Å². The zero-order chi connectivity index (χ0) is 41.3. The van der Waals surface area contributed by atoms with E-state index in [0.717, 1.165) is 27.8 Å². The third-order valence-electron chi connectivity index (χ3n) is 10.2. The molecule has 6 rings (SSSR count). The summed E-state index contributed by atoms with van der Waals surface area (Å²) in [5.74, 6) is -0.831. The van der Waals surface area contributed by atoms with Gasteiger partial charge in [-0.25, -0.2) is 9.18 Å². The van der Waals surface area contributed by atoms with Crippen molar-refractivity contribution in [3.05, 3.63) is 173 Å². The number of nitrogens with zero attached hydrogens (tertiary/aromatic N) is 1. The number of ether oxygens (including phenoxy) is 2. The number of halogens is 2. The standard InChI is InChI=1S/C48H50ClFN2O5S/c1-33(44(53)30-49)51-45(54)43-29-41(27-24-35(43)23-20-34-21-25-39(50)26-22-34)56-32-40-28-42(31-52(40)46(55)57-47(2,3)4)58-48(36-14-8-5-9-15-36,37-16-10-6-11-17-37)38-18-12-7-13-19-38/h5-19,21-22,24-27,29,33,40,42H,20,23,28,30-32H2,1-4H3,(H,51,54)/t33-,40-,42-/m0/s1. The van der Waals surface area contributed by atoms with Crippen LogP contribution < -0.4 is 10.1 Å². The quantitative estimate of drug-likeness (QED) is 0.0837. The van der Waals surface area contributed by atoms with Crippen molar-refractivity contribution in [3.63, 3.8) is 0 Å². The molecule has 0 spiro atoms. The van der Waals surface area contributed by atoms with E-state index in [4.69, 9.17) is 21.1 Å². The number of nitrogens with one attached hydrogen (secondary N) is 1. The van der Waals surface area contributed by atoms with Gasteiger partial charge in [0.15, 0.2) is 5.78 Å². The summed E-state index contributed by atoms with van der Waals surface area (Å²) in [5, 5.41) is 2.76. The van der Waals surface area contributed by atoms with Gasteiger partial charge in [0.2, 0.25) is 0 Å². The van der Waals surface area contributed by atoms with E-state index in [-0.39, 0.29) is 35.4 Å². The van der Waals surface area contributed by atoms with E-state index < -0.39 is 28.4 Å². The number of alkyl halides is 1. The molecule has 1 aliphatic heterocycles. The van der Waals surface area contributed by atoms with Crippen LogP contribution in [0, 0.1) is 5.82 Å². The number of aryl methyl sites for hydroxylation is 2. The SMILES string of the molecule is C[C@H](NC(=O)c1cc(OC[C@@H]2C[C@H](SC(c3ccccc3)(c3ccccc3)c3ccccc3)CN2C(=O)OC(C)(C)C)ccc1CCc1ccc(F)cc1)C(=O)CCl. The Labute approximate surface area is 350 Å². The van der Waals surface area contributed by atoms with Gasteiger partial charge < -0.3 is 19.7 Å². The molecule has 0 radical (unpaired) electrons. The second kappa shape index (κ2) is 19.1. The highest BCUT2D eigenvalue weighted by molar-refractivity contribution is 8.01. The summed E-state index contributed by atoms with van der Waals surface area (Å²) < 4.78 is 25.4. The van der Waals surface area contributed by atoms with Gasteiger partial charge in [-0.2, -0.15) is 0 Å². The van der Waals surface area contributed by atoms with Gasteiger partial charge in [-0.05, 0) is 99.0 Å². The first-order valence-corrected chi connectivity index (χ1v) is 21.0. The number of carbonyl (C=O) groups excluding carboxylic acids is 3. The predicted octanol–water partition coefficient (Wildman–Crippen LogP) is 10.0. The number of hydrogen-bond donors (Lipinski definition) is 1. The van der Waals surface area contributed by atoms with Crippen molar-refractivity contribution < 1.29 is 28.2 Å². The number of benzene rings is 5. The fourth-order valence-electron chi connectivity index (χ4n) is 7.30. The average molecular weight is 821 g/mol. The number of thioether (sulfide) groups is 1. The van der Waals surface area contributed by atoms with Crippen molar-refractivity contribution >= 4 is 41.1 Å². The molecule has 1 saturated heterocycles. The molecule has 1 fully saturated rings. The minimum atomic E-state index is -0.787.